The number of carbonyl (C=O) groups is 2. The van der Waals surface area contributed by atoms with Crippen LogP contribution in [-0.4, -0.2) is 29.6 Å². The summed E-state index contributed by atoms with van der Waals surface area (Å²) >= 11 is 0. The van der Waals surface area contributed by atoms with Crippen LogP contribution in [0.1, 0.15) is 114 Å². The molecular formula is C42H52O5. The minimum atomic E-state index is -0.896. The van der Waals surface area contributed by atoms with Crippen LogP contribution in [0, 0.1) is 22.7 Å². The zero-order valence-electron chi connectivity index (χ0n) is 29.1. The second-order valence-electron chi connectivity index (χ2n) is 15.8. The van der Waals surface area contributed by atoms with Gasteiger partial charge in [-0.3, -0.25) is 4.79 Å². The molecule has 0 unspecified atom stereocenters. The lowest BCUT2D eigenvalue weighted by atomic mass is 9.72. The van der Waals surface area contributed by atoms with Crippen LogP contribution in [-0.2, 0) is 0 Å². The van der Waals surface area contributed by atoms with Crippen molar-refractivity contribution in [1.82, 2.24) is 0 Å². The third-order valence-corrected chi connectivity index (χ3v) is 10.4. The van der Waals surface area contributed by atoms with Crippen LogP contribution in [0.2, 0.25) is 0 Å². The Hall–Kier alpha value is -3.86. The minimum Gasteiger partial charge on any atom is -0.490 e. The molecule has 0 heterocycles. The molecule has 5 heteroatoms. The molecule has 0 aliphatic heterocycles. The fourth-order valence-corrected chi connectivity index (χ4v) is 7.30. The number of hydrogen-bond donors (Lipinski definition) is 1. The Morgan fingerprint density at radius 1 is 0.596 bits per heavy atom. The average molecular weight is 637 g/mol. The summed E-state index contributed by atoms with van der Waals surface area (Å²) in [4.78, 5) is 21.9. The Morgan fingerprint density at radius 2 is 1.00 bits per heavy atom. The predicted octanol–water partition coefficient (Wildman–Crippen LogP) is 11.2. The molecule has 0 saturated heterocycles. The van der Waals surface area contributed by atoms with Gasteiger partial charge in [0.2, 0.25) is 0 Å². The quantitative estimate of drug-likeness (QED) is 0.213. The fourth-order valence-electron chi connectivity index (χ4n) is 7.30. The SMILES string of the molecule is CC(C)(C)C1CCC(Oc2ccc3cc(C(=O)O)ccc3c2)CC1.CC(C)(C)C1CCC(Oc2ccc3cc(C=O)ccc3c2)CC1. The molecule has 4 aromatic carbocycles. The molecule has 2 fully saturated rings. The topological polar surface area (TPSA) is 72.8 Å². The number of rotatable bonds is 6. The number of fused-ring (bicyclic) bond motifs is 2. The minimum absolute atomic E-state index is 0.291. The van der Waals surface area contributed by atoms with Crippen molar-refractivity contribution in [1.29, 1.82) is 0 Å². The maximum Gasteiger partial charge on any atom is 0.335 e. The molecule has 0 radical (unpaired) electrons. The molecule has 0 aromatic heterocycles. The molecular weight excluding hydrogens is 584 g/mol. The summed E-state index contributed by atoms with van der Waals surface area (Å²) in [5, 5.41) is 13.2. The van der Waals surface area contributed by atoms with Crippen molar-refractivity contribution < 1.29 is 24.2 Å². The molecule has 5 nitrogen and oxygen atoms in total. The Bertz CT molecular complexity index is 1680. The van der Waals surface area contributed by atoms with Crippen molar-refractivity contribution in [3.8, 4) is 11.5 Å². The fraction of sp³-hybridized carbons (Fsp3) is 0.476. The molecule has 6 rings (SSSR count). The third-order valence-electron chi connectivity index (χ3n) is 10.4. The standard InChI is InChI=1S/C21H26O3.C21H26O2/c1-21(2,3)17-7-10-18(11-8-17)24-19-9-6-14-12-16(20(22)23)5-4-15(14)13-19;1-21(2,3)18-7-10-19(11-8-18)23-20-9-6-16-12-15(14-22)4-5-17(16)13-20/h4-6,9,12-13,17-18H,7-8,10-11H2,1-3H3,(H,22,23);4-6,9,12-14,18-19H,7-8,10-11H2,1-3H3. The summed E-state index contributed by atoms with van der Waals surface area (Å²) in [5.41, 5.74) is 1.82. The molecule has 2 aliphatic carbocycles. The highest BCUT2D eigenvalue weighted by molar-refractivity contribution is 5.94. The Labute approximate surface area is 280 Å². The van der Waals surface area contributed by atoms with E-state index in [1.165, 1.54) is 25.7 Å². The van der Waals surface area contributed by atoms with Gasteiger partial charge in [0.15, 0.2) is 0 Å². The van der Waals surface area contributed by atoms with Gasteiger partial charge in [-0.05, 0) is 138 Å². The first-order chi connectivity index (χ1) is 22.3. The van der Waals surface area contributed by atoms with Crippen molar-refractivity contribution in [2.45, 2.75) is 105 Å². The van der Waals surface area contributed by atoms with Gasteiger partial charge in [0.25, 0.3) is 0 Å². The van der Waals surface area contributed by atoms with E-state index >= 15 is 0 Å². The van der Waals surface area contributed by atoms with Gasteiger partial charge in [-0.1, -0.05) is 71.9 Å². The van der Waals surface area contributed by atoms with E-state index in [1.807, 2.05) is 54.6 Å². The van der Waals surface area contributed by atoms with Gasteiger partial charge < -0.3 is 14.6 Å². The lowest BCUT2D eigenvalue weighted by Crippen LogP contribution is -2.30. The zero-order chi connectivity index (χ0) is 33.8. The van der Waals surface area contributed by atoms with Gasteiger partial charge >= 0.3 is 5.97 Å². The van der Waals surface area contributed by atoms with Gasteiger partial charge in [0, 0.05) is 5.56 Å². The first-order valence-corrected chi connectivity index (χ1v) is 17.4. The van der Waals surface area contributed by atoms with Crippen molar-refractivity contribution >= 4 is 33.8 Å². The summed E-state index contributed by atoms with van der Waals surface area (Å²) in [7, 11) is 0. The second kappa shape index (κ2) is 14.5. The highest BCUT2D eigenvalue weighted by Crippen LogP contribution is 2.40. The van der Waals surface area contributed by atoms with E-state index in [4.69, 9.17) is 14.6 Å². The number of aromatic carboxylic acids is 1. The largest absolute Gasteiger partial charge is 0.490 e. The van der Waals surface area contributed by atoms with Crippen molar-refractivity contribution in [3.05, 3.63) is 83.9 Å². The van der Waals surface area contributed by atoms with E-state index < -0.39 is 5.97 Å². The molecule has 4 aromatic rings. The molecule has 2 saturated carbocycles. The van der Waals surface area contributed by atoms with E-state index in [0.717, 1.165) is 76.8 Å². The summed E-state index contributed by atoms with van der Waals surface area (Å²) in [6.45, 7) is 14.0. The highest BCUT2D eigenvalue weighted by atomic mass is 16.5. The number of carboxylic acid groups (broad SMARTS) is 1. The van der Waals surface area contributed by atoms with Crippen LogP contribution in [0.25, 0.3) is 21.5 Å². The number of ether oxygens (including phenoxy) is 2. The Balaban J connectivity index is 0.000000185. The van der Waals surface area contributed by atoms with E-state index in [1.54, 1.807) is 12.1 Å². The Morgan fingerprint density at radius 3 is 1.43 bits per heavy atom. The smallest absolute Gasteiger partial charge is 0.335 e. The molecule has 250 valence electrons. The van der Waals surface area contributed by atoms with Crippen LogP contribution in [0.5, 0.6) is 11.5 Å². The van der Waals surface area contributed by atoms with Crippen LogP contribution in [0.4, 0.5) is 0 Å². The van der Waals surface area contributed by atoms with Crippen LogP contribution < -0.4 is 9.47 Å². The molecule has 2 aliphatic rings. The lowest BCUT2D eigenvalue weighted by Gasteiger charge is -2.37. The number of aldehydes is 1. The molecule has 47 heavy (non-hydrogen) atoms. The van der Waals surface area contributed by atoms with Crippen molar-refractivity contribution in [2.75, 3.05) is 0 Å². The van der Waals surface area contributed by atoms with Crippen LogP contribution in [0.3, 0.4) is 0 Å². The van der Waals surface area contributed by atoms with Gasteiger partial charge in [0.1, 0.15) is 17.8 Å². The Kier molecular flexibility index (Phi) is 10.6. The molecule has 0 spiro atoms. The van der Waals surface area contributed by atoms with E-state index in [2.05, 4.69) is 47.6 Å². The van der Waals surface area contributed by atoms with Crippen LogP contribution >= 0.6 is 0 Å². The normalized spacial score (nSPS) is 21.8. The monoisotopic (exact) mass is 636 g/mol. The summed E-state index contributed by atoms with van der Waals surface area (Å²) in [6, 6.07) is 23.0. The maximum absolute atomic E-state index is 11.0. The van der Waals surface area contributed by atoms with Gasteiger partial charge in [-0.2, -0.15) is 0 Å². The number of benzene rings is 4. The first-order valence-electron chi connectivity index (χ1n) is 17.4. The second-order valence-corrected chi connectivity index (χ2v) is 15.8. The molecule has 0 atom stereocenters. The van der Waals surface area contributed by atoms with Gasteiger partial charge in [0.05, 0.1) is 17.8 Å². The summed E-state index contributed by atoms with van der Waals surface area (Å²) < 4.78 is 12.4. The average Bonchev–Trinajstić information content (AvgIpc) is 3.04. The van der Waals surface area contributed by atoms with E-state index in [9.17, 15) is 9.59 Å². The maximum atomic E-state index is 11.0. The van der Waals surface area contributed by atoms with Gasteiger partial charge in [-0.15, -0.1) is 0 Å². The van der Waals surface area contributed by atoms with E-state index in [-0.39, 0.29) is 0 Å². The number of carboxylic acids is 1. The predicted molar refractivity (Wildman–Crippen MR) is 192 cm³/mol. The molecule has 0 amide bonds. The molecule has 0 bridgehead atoms. The highest BCUT2D eigenvalue weighted by Gasteiger charge is 2.31. The summed E-state index contributed by atoms with van der Waals surface area (Å²) in [6.07, 6.45) is 11.0. The van der Waals surface area contributed by atoms with E-state index in [0.29, 0.717) is 34.2 Å². The lowest BCUT2D eigenvalue weighted by molar-refractivity contribution is 0.0696. The van der Waals surface area contributed by atoms with Crippen molar-refractivity contribution in [3.63, 3.8) is 0 Å². The molecule has 1 N–H and O–H groups in total. The first kappa shape index (κ1) is 34.5. The third kappa shape index (κ3) is 9.15. The van der Waals surface area contributed by atoms with Gasteiger partial charge in [-0.25, -0.2) is 4.79 Å². The zero-order valence-corrected chi connectivity index (χ0v) is 29.1. The summed E-state index contributed by atoms with van der Waals surface area (Å²) in [5.74, 6) is 2.51. The van der Waals surface area contributed by atoms with Crippen LogP contribution in [0.15, 0.2) is 72.8 Å². The van der Waals surface area contributed by atoms with Crippen molar-refractivity contribution in [2.24, 2.45) is 22.7 Å². The number of hydrogen-bond acceptors (Lipinski definition) is 4. The number of carbonyl (C=O) groups excluding carboxylic acids is 1.